The standard InChI is InChI=1S/C13H16FNO2/c1-8(9-3-4-9)15-10-5-6-12(14)11(7-10)13(16)17-2/h5-9,15H,3-4H2,1-2H3. The first kappa shape index (κ1) is 11.9. The van der Waals surface area contributed by atoms with Crippen molar-refractivity contribution in [3.8, 4) is 0 Å². The van der Waals surface area contributed by atoms with Crippen molar-refractivity contribution in [1.82, 2.24) is 0 Å². The second kappa shape index (κ2) is 4.73. The van der Waals surface area contributed by atoms with Crippen LogP contribution >= 0.6 is 0 Å². The number of nitrogens with one attached hydrogen (secondary N) is 1. The number of carbonyl (C=O) groups is 1. The van der Waals surface area contributed by atoms with Crippen molar-refractivity contribution in [2.45, 2.75) is 25.8 Å². The quantitative estimate of drug-likeness (QED) is 0.818. The van der Waals surface area contributed by atoms with Gasteiger partial charge in [0.15, 0.2) is 0 Å². The van der Waals surface area contributed by atoms with Crippen molar-refractivity contribution in [3.63, 3.8) is 0 Å². The molecule has 0 aliphatic heterocycles. The number of benzene rings is 1. The molecule has 1 N–H and O–H groups in total. The second-order valence-electron chi connectivity index (χ2n) is 4.46. The highest BCUT2D eigenvalue weighted by molar-refractivity contribution is 5.90. The Morgan fingerprint density at radius 1 is 1.53 bits per heavy atom. The summed E-state index contributed by atoms with van der Waals surface area (Å²) < 4.78 is 17.9. The molecule has 0 spiro atoms. The van der Waals surface area contributed by atoms with Gasteiger partial charge in [-0.3, -0.25) is 0 Å². The van der Waals surface area contributed by atoms with Crippen LogP contribution in [0.1, 0.15) is 30.1 Å². The van der Waals surface area contributed by atoms with Gasteiger partial charge in [0.05, 0.1) is 12.7 Å². The molecule has 2 rings (SSSR count). The Morgan fingerprint density at radius 3 is 2.82 bits per heavy atom. The molecular formula is C13H16FNO2. The summed E-state index contributed by atoms with van der Waals surface area (Å²) in [6.45, 7) is 2.10. The van der Waals surface area contributed by atoms with Crippen LogP contribution in [0.25, 0.3) is 0 Å². The maximum absolute atomic E-state index is 13.4. The average molecular weight is 237 g/mol. The van der Waals surface area contributed by atoms with Crippen molar-refractivity contribution in [2.24, 2.45) is 5.92 Å². The molecular weight excluding hydrogens is 221 g/mol. The van der Waals surface area contributed by atoms with E-state index in [1.54, 1.807) is 6.07 Å². The van der Waals surface area contributed by atoms with Gasteiger partial charge in [-0.25, -0.2) is 9.18 Å². The molecule has 1 aliphatic carbocycles. The van der Waals surface area contributed by atoms with Crippen LogP contribution in [-0.2, 0) is 4.74 Å². The molecule has 4 heteroatoms. The summed E-state index contributed by atoms with van der Waals surface area (Å²) in [6.07, 6.45) is 2.47. The number of halogens is 1. The second-order valence-corrected chi connectivity index (χ2v) is 4.46. The fraction of sp³-hybridized carbons (Fsp3) is 0.462. The minimum Gasteiger partial charge on any atom is -0.465 e. The van der Waals surface area contributed by atoms with Crippen molar-refractivity contribution < 1.29 is 13.9 Å². The van der Waals surface area contributed by atoms with E-state index >= 15 is 0 Å². The fourth-order valence-electron chi connectivity index (χ4n) is 1.86. The van der Waals surface area contributed by atoms with Gasteiger partial charge in [-0.2, -0.15) is 0 Å². The number of carbonyl (C=O) groups excluding carboxylic acids is 1. The first-order chi connectivity index (χ1) is 8.11. The number of hydrogen-bond acceptors (Lipinski definition) is 3. The van der Waals surface area contributed by atoms with Gasteiger partial charge in [0.1, 0.15) is 5.82 Å². The molecule has 1 aliphatic rings. The average Bonchev–Trinajstić information content (AvgIpc) is 3.14. The highest BCUT2D eigenvalue weighted by Crippen LogP contribution is 2.34. The van der Waals surface area contributed by atoms with E-state index in [9.17, 15) is 9.18 Å². The normalized spacial score (nSPS) is 16.4. The van der Waals surface area contributed by atoms with Gasteiger partial charge in [0.25, 0.3) is 0 Å². The highest BCUT2D eigenvalue weighted by Gasteiger charge is 2.27. The molecule has 0 aromatic heterocycles. The number of anilines is 1. The number of ether oxygens (including phenoxy) is 1. The zero-order chi connectivity index (χ0) is 12.4. The molecule has 0 saturated heterocycles. The summed E-state index contributed by atoms with van der Waals surface area (Å²) in [6, 6.07) is 4.78. The predicted octanol–water partition coefficient (Wildman–Crippen LogP) is 2.82. The lowest BCUT2D eigenvalue weighted by Crippen LogP contribution is -2.17. The summed E-state index contributed by atoms with van der Waals surface area (Å²) in [4.78, 5) is 11.3. The van der Waals surface area contributed by atoms with E-state index in [2.05, 4.69) is 17.0 Å². The highest BCUT2D eigenvalue weighted by atomic mass is 19.1. The van der Waals surface area contributed by atoms with Crippen molar-refractivity contribution in [1.29, 1.82) is 0 Å². The monoisotopic (exact) mass is 237 g/mol. The van der Waals surface area contributed by atoms with Crippen LogP contribution in [0, 0.1) is 11.7 Å². The van der Waals surface area contributed by atoms with E-state index in [1.165, 1.54) is 32.1 Å². The van der Waals surface area contributed by atoms with Crippen LogP contribution in [0.15, 0.2) is 18.2 Å². The SMILES string of the molecule is COC(=O)c1cc(NC(C)C2CC2)ccc1F. The van der Waals surface area contributed by atoms with Crippen LogP contribution in [0.5, 0.6) is 0 Å². The van der Waals surface area contributed by atoms with Crippen LogP contribution in [0.3, 0.4) is 0 Å². The largest absolute Gasteiger partial charge is 0.465 e. The molecule has 1 saturated carbocycles. The minimum absolute atomic E-state index is 0.0273. The van der Waals surface area contributed by atoms with Gasteiger partial charge in [0, 0.05) is 11.7 Å². The Bertz CT molecular complexity index is 429. The predicted molar refractivity (Wildman–Crippen MR) is 63.5 cm³/mol. The van der Waals surface area contributed by atoms with E-state index in [0.717, 1.165) is 5.69 Å². The van der Waals surface area contributed by atoms with E-state index < -0.39 is 11.8 Å². The van der Waals surface area contributed by atoms with Gasteiger partial charge in [-0.1, -0.05) is 0 Å². The third kappa shape index (κ3) is 2.75. The van der Waals surface area contributed by atoms with Crippen LogP contribution in [0.2, 0.25) is 0 Å². The molecule has 0 amide bonds. The zero-order valence-corrected chi connectivity index (χ0v) is 10.00. The maximum atomic E-state index is 13.4. The molecule has 92 valence electrons. The molecule has 1 unspecified atom stereocenters. The summed E-state index contributed by atoms with van der Waals surface area (Å²) >= 11 is 0. The fourth-order valence-corrected chi connectivity index (χ4v) is 1.86. The van der Waals surface area contributed by atoms with E-state index in [4.69, 9.17) is 0 Å². The first-order valence-corrected chi connectivity index (χ1v) is 5.76. The smallest absolute Gasteiger partial charge is 0.340 e. The molecule has 0 heterocycles. The molecule has 1 aromatic carbocycles. The van der Waals surface area contributed by atoms with Crippen LogP contribution < -0.4 is 5.32 Å². The summed E-state index contributed by atoms with van der Waals surface area (Å²) in [5, 5.41) is 3.28. The maximum Gasteiger partial charge on any atom is 0.340 e. The van der Waals surface area contributed by atoms with Gasteiger partial charge in [-0.05, 0) is 43.9 Å². The summed E-state index contributed by atoms with van der Waals surface area (Å²) in [5.41, 5.74) is 0.728. The number of rotatable bonds is 4. The lowest BCUT2D eigenvalue weighted by atomic mass is 10.1. The van der Waals surface area contributed by atoms with Crippen LogP contribution in [-0.4, -0.2) is 19.1 Å². The van der Waals surface area contributed by atoms with Gasteiger partial charge < -0.3 is 10.1 Å². The van der Waals surface area contributed by atoms with Gasteiger partial charge in [0.2, 0.25) is 0 Å². The topological polar surface area (TPSA) is 38.3 Å². The van der Waals surface area contributed by atoms with E-state index in [-0.39, 0.29) is 5.56 Å². The number of esters is 1. The Kier molecular flexibility index (Phi) is 3.31. The van der Waals surface area contributed by atoms with Gasteiger partial charge >= 0.3 is 5.97 Å². The van der Waals surface area contributed by atoms with Crippen molar-refractivity contribution in [3.05, 3.63) is 29.6 Å². The third-order valence-corrected chi connectivity index (χ3v) is 3.10. The summed E-state index contributed by atoms with van der Waals surface area (Å²) in [5.74, 6) is -0.506. The Hall–Kier alpha value is -1.58. The number of hydrogen-bond donors (Lipinski definition) is 1. The molecule has 17 heavy (non-hydrogen) atoms. The molecule has 1 atom stereocenters. The Labute approximate surface area is 100.0 Å². The molecule has 1 fully saturated rings. The molecule has 0 radical (unpaired) electrons. The first-order valence-electron chi connectivity index (χ1n) is 5.76. The van der Waals surface area contributed by atoms with Crippen molar-refractivity contribution in [2.75, 3.05) is 12.4 Å². The third-order valence-electron chi connectivity index (χ3n) is 3.10. The van der Waals surface area contributed by atoms with Crippen LogP contribution in [0.4, 0.5) is 10.1 Å². The van der Waals surface area contributed by atoms with Gasteiger partial charge in [-0.15, -0.1) is 0 Å². The lowest BCUT2D eigenvalue weighted by molar-refractivity contribution is 0.0595. The minimum atomic E-state index is -0.648. The summed E-state index contributed by atoms with van der Waals surface area (Å²) in [7, 11) is 1.24. The Morgan fingerprint density at radius 2 is 2.24 bits per heavy atom. The molecule has 0 bridgehead atoms. The number of methoxy groups -OCH3 is 1. The van der Waals surface area contributed by atoms with Crippen molar-refractivity contribution >= 4 is 11.7 Å². The molecule has 3 nitrogen and oxygen atoms in total. The lowest BCUT2D eigenvalue weighted by Gasteiger charge is -2.15. The van der Waals surface area contributed by atoms with E-state index in [1.807, 2.05) is 0 Å². The Balaban J connectivity index is 2.15. The molecule has 1 aromatic rings. The zero-order valence-electron chi connectivity index (χ0n) is 10.00. The van der Waals surface area contributed by atoms with E-state index in [0.29, 0.717) is 12.0 Å².